The van der Waals surface area contributed by atoms with E-state index in [1.54, 1.807) is 0 Å². The maximum atomic E-state index is 2.40. The first-order valence-electron chi connectivity index (χ1n) is 14.1. The van der Waals surface area contributed by atoms with Crippen molar-refractivity contribution >= 4 is 96.7 Å². The molecule has 6 aromatic rings. The molecule has 0 unspecified atom stereocenters. The van der Waals surface area contributed by atoms with Gasteiger partial charge in [0, 0.05) is 0 Å². The molecule has 0 atom stereocenters. The molecule has 0 radical (unpaired) electrons. The zero-order valence-corrected chi connectivity index (χ0v) is 30.2. The van der Waals surface area contributed by atoms with Crippen LogP contribution in [0.15, 0.2) is 177 Å². The first-order chi connectivity index (χ1) is 21.3. The average molecular weight is 721 g/mol. The Labute approximate surface area is 271 Å². The van der Waals surface area contributed by atoms with Crippen LogP contribution in [0.25, 0.3) is 0 Å². The van der Waals surface area contributed by atoms with Crippen LogP contribution >= 0.6 is 56.2 Å². The molecule has 0 saturated heterocycles. The van der Waals surface area contributed by atoms with Gasteiger partial charge in [-0.15, -0.1) is 0 Å². The van der Waals surface area contributed by atoms with Crippen LogP contribution in [-0.4, -0.2) is 8.70 Å². The van der Waals surface area contributed by atoms with Crippen molar-refractivity contribution in [1.29, 1.82) is 0 Å². The van der Waals surface area contributed by atoms with E-state index in [2.05, 4.69) is 198 Å². The van der Waals surface area contributed by atoms with Gasteiger partial charge in [0.25, 0.3) is 0 Å². The Morgan fingerprint density at radius 1 is 0.302 bits per heavy atom. The Kier molecular flexibility index (Phi) is 8.30. The topological polar surface area (TPSA) is 0 Å². The quantitative estimate of drug-likeness (QED) is 0.130. The first-order valence-corrected chi connectivity index (χ1v) is 30.3. The van der Waals surface area contributed by atoms with Crippen molar-refractivity contribution in [2.24, 2.45) is 0 Å². The van der Waals surface area contributed by atoms with Crippen LogP contribution < -0.4 is 31.8 Å². The summed E-state index contributed by atoms with van der Waals surface area (Å²) in [6.45, 7) is 0. The predicted molar refractivity (Wildman–Crippen MR) is 199 cm³/mol. The van der Waals surface area contributed by atoms with Gasteiger partial charge in [-0.05, 0) is 0 Å². The van der Waals surface area contributed by atoms with Crippen molar-refractivity contribution in [2.45, 2.75) is 19.6 Å². The normalized spacial score (nSPS) is 20.7. The number of fused-ring (bicyclic) bond motifs is 4. The van der Waals surface area contributed by atoms with E-state index in [0.29, 0.717) is 0 Å². The van der Waals surface area contributed by atoms with Gasteiger partial charge in [0.1, 0.15) is 0 Å². The number of hydrogen-bond donors (Lipinski definition) is 0. The Hall–Kier alpha value is -1.88. The SMILES string of the molecule is c1ccc(P2c3ccccc3[S][Ge]3([S]c4ccccc42)[S]c2ccccc2P(c2ccccc2)c2ccccc2[S]3)cc1. The molecule has 0 fully saturated rings. The fourth-order valence-electron chi connectivity index (χ4n) is 5.55. The summed E-state index contributed by atoms with van der Waals surface area (Å²) in [5.74, 6) is 0. The molecule has 2 aliphatic heterocycles. The van der Waals surface area contributed by atoms with Gasteiger partial charge in [-0.1, -0.05) is 0 Å². The second-order valence-electron chi connectivity index (χ2n) is 10.1. The number of benzene rings is 6. The molecule has 0 bridgehead atoms. The van der Waals surface area contributed by atoms with Gasteiger partial charge in [0.2, 0.25) is 0 Å². The molecule has 0 amide bonds. The summed E-state index contributed by atoms with van der Waals surface area (Å²) in [6.07, 6.45) is 0. The molecule has 6 aromatic carbocycles. The van der Waals surface area contributed by atoms with E-state index in [0.717, 1.165) is 0 Å². The second-order valence-corrected chi connectivity index (χ2v) is 45.0. The van der Waals surface area contributed by atoms with E-state index in [-0.39, 0.29) is 0 Å². The summed E-state index contributed by atoms with van der Waals surface area (Å²) in [7, 11) is 4.54. The Bertz CT molecular complexity index is 1680. The van der Waals surface area contributed by atoms with E-state index in [1.807, 2.05) is 0 Å². The standard InChI is InChI=1S/C36H26GeP2S4/c1-3-15-27(16-4-1)38-29-19-7-11-23-33(29)40-37(41-34-24-12-8-20-30(34)38)42-35-25-13-9-21-31(35)39(28-17-5-2-6-18-28)32-22-10-14-26-36(32)43-37/h1-26H. The van der Waals surface area contributed by atoms with Crippen LogP contribution in [0.4, 0.5) is 0 Å². The molecule has 2 heterocycles. The molecule has 8 rings (SSSR count). The minimum absolute atomic E-state index is 0.661. The predicted octanol–water partition coefficient (Wildman–Crippen LogP) is 8.73. The third-order valence-corrected chi connectivity index (χ3v) is 43.8. The van der Waals surface area contributed by atoms with Gasteiger partial charge in [0.15, 0.2) is 0 Å². The van der Waals surface area contributed by atoms with Crippen LogP contribution in [0.3, 0.4) is 0 Å². The van der Waals surface area contributed by atoms with Crippen molar-refractivity contribution in [3.8, 4) is 0 Å². The van der Waals surface area contributed by atoms with Crippen LogP contribution in [0, 0.1) is 0 Å². The summed E-state index contributed by atoms with van der Waals surface area (Å²) in [5, 5.41) is 8.80. The minimum atomic E-state index is -3.03. The van der Waals surface area contributed by atoms with Gasteiger partial charge in [-0.25, -0.2) is 0 Å². The molecular formula is C36H26GeP2S4. The van der Waals surface area contributed by atoms with Crippen LogP contribution in [0.5, 0.6) is 0 Å². The van der Waals surface area contributed by atoms with Crippen LogP contribution in [0.2, 0.25) is 0 Å². The molecule has 0 aromatic heterocycles. The van der Waals surface area contributed by atoms with E-state index < -0.39 is 24.5 Å². The van der Waals surface area contributed by atoms with Crippen molar-refractivity contribution in [1.82, 2.24) is 0 Å². The zero-order valence-electron chi connectivity index (χ0n) is 23.0. The molecule has 1 spiro atoms. The molecule has 0 N–H and O–H groups in total. The molecule has 7 heteroatoms. The number of rotatable bonds is 2. The van der Waals surface area contributed by atoms with Crippen LogP contribution in [-0.2, 0) is 0 Å². The van der Waals surface area contributed by atoms with Gasteiger partial charge in [0.05, 0.1) is 0 Å². The van der Waals surface area contributed by atoms with E-state index >= 15 is 0 Å². The summed E-state index contributed by atoms with van der Waals surface area (Å²) in [6, 6.07) is 59.5. The van der Waals surface area contributed by atoms with Crippen molar-refractivity contribution in [2.75, 3.05) is 0 Å². The molecular weight excluding hydrogens is 695 g/mol. The van der Waals surface area contributed by atoms with E-state index in [4.69, 9.17) is 0 Å². The first kappa shape index (κ1) is 28.6. The third kappa shape index (κ3) is 5.59. The molecule has 208 valence electrons. The molecule has 0 saturated carbocycles. The third-order valence-electron chi connectivity index (χ3n) is 7.39. The van der Waals surface area contributed by atoms with E-state index in [1.165, 1.54) is 51.4 Å². The van der Waals surface area contributed by atoms with Crippen molar-refractivity contribution in [3.05, 3.63) is 158 Å². The number of hydrogen-bond acceptors (Lipinski definition) is 4. The van der Waals surface area contributed by atoms with Gasteiger partial charge < -0.3 is 0 Å². The summed E-state index contributed by atoms with van der Waals surface area (Å²) >= 11 is 0. The Balaban J connectivity index is 1.35. The zero-order chi connectivity index (χ0) is 28.6. The summed E-state index contributed by atoms with van der Waals surface area (Å²) in [4.78, 5) is 5.83. The van der Waals surface area contributed by atoms with Crippen LogP contribution in [0.1, 0.15) is 0 Å². The molecule has 2 aliphatic rings. The van der Waals surface area contributed by atoms with E-state index in [9.17, 15) is 0 Å². The maximum absolute atomic E-state index is 3.03. The van der Waals surface area contributed by atoms with Gasteiger partial charge in [-0.2, -0.15) is 0 Å². The summed E-state index contributed by atoms with van der Waals surface area (Å²) in [5.41, 5.74) is 0. The molecule has 0 aliphatic carbocycles. The second kappa shape index (κ2) is 12.5. The Morgan fingerprint density at radius 2 is 0.558 bits per heavy atom. The van der Waals surface area contributed by atoms with Gasteiger partial charge >= 0.3 is 274 Å². The fraction of sp³-hybridized carbons (Fsp3) is 0. The Morgan fingerprint density at radius 3 is 0.860 bits per heavy atom. The average Bonchev–Trinajstić information content (AvgIpc) is 3.04. The van der Waals surface area contributed by atoms with Crippen molar-refractivity contribution < 1.29 is 0 Å². The molecule has 0 nitrogen and oxygen atoms in total. The monoisotopic (exact) mass is 722 g/mol. The summed E-state index contributed by atoms with van der Waals surface area (Å²) < 4.78 is 0. The molecule has 43 heavy (non-hydrogen) atoms. The van der Waals surface area contributed by atoms with Crippen molar-refractivity contribution in [3.63, 3.8) is 0 Å². The van der Waals surface area contributed by atoms with Gasteiger partial charge in [-0.3, -0.25) is 0 Å². The fourth-order valence-corrected chi connectivity index (χ4v) is 50.2.